The highest BCUT2D eigenvalue weighted by Gasteiger charge is 2.29. The summed E-state index contributed by atoms with van der Waals surface area (Å²) in [4.78, 5) is 37.2. The van der Waals surface area contributed by atoms with Crippen molar-refractivity contribution in [1.82, 2.24) is 0 Å². The molecule has 2 aromatic rings. The van der Waals surface area contributed by atoms with E-state index in [2.05, 4.69) is 0 Å². The van der Waals surface area contributed by atoms with Gasteiger partial charge in [0, 0.05) is 18.8 Å². The fraction of sp³-hybridized carbons (Fsp3) is 0.300. The van der Waals surface area contributed by atoms with Gasteiger partial charge in [-0.1, -0.05) is 18.2 Å². The van der Waals surface area contributed by atoms with Crippen molar-refractivity contribution in [1.29, 1.82) is 0 Å². The monoisotopic (exact) mass is 402 g/mol. The minimum Gasteiger partial charge on any atom is -0.493 e. The van der Waals surface area contributed by atoms with Crippen molar-refractivity contribution in [2.75, 3.05) is 25.7 Å². The average molecular weight is 402 g/mol. The molecule has 0 saturated carbocycles. The number of benzene rings is 2. The van der Waals surface area contributed by atoms with Crippen LogP contribution in [-0.4, -0.2) is 43.7 Å². The molecule has 0 heterocycles. The molecule has 0 fully saturated rings. The fourth-order valence-corrected chi connectivity index (χ4v) is 2.62. The maximum absolute atomic E-state index is 12.6. The highest BCUT2D eigenvalue weighted by molar-refractivity contribution is 6.00. The summed E-state index contributed by atoms with van der Waals surface area (Å²) >= 11 is 0. The molecule has 2 rings (SSSR count). The molecule has 0 N–H and O–H groups in total. The Kier molecular flexibility index (Phi) is 7.13. The molecule has 29 heavy (non-hydrogen) atoms. The van der Waals surface area contributed by atoms with E-state index in [1.165, 1.54) is 25.0 Å². The van der Waals surface area contributed by atoms with Gasteiger partial charge < -0.3 is 19.1 Å². The number of ether oxygens (including phenoxy) is 3. The van der Waals surface area contributed by atoms with Gasteiger partial charge in [-0.2, -0.15) is 0 Å². The van der Waals surface area contributed by atoms with Crippen LogP contribution >= 0.6 is 0 Å². The van der Waals surface area contributed by atoms with Gasteiger partial charge in [0.25, 0.3) is 11.6 Å². The lowest BCUT2D eigenvalue weighted by atomic mass is 10.1. The SMILES string of the molecule is CCOc1cc([N+](=O)[O-])c(C(=O)O[C@H](C)C(=O)N(C)c2ccccc2)cc1OC. The Labute approximate surface area is 167 Å². The molecule has 9 nitrogen and oxygen atoms in total. The van der Waals surface area contributed by atoms with E-state index in [0.717, 1.165) is 6.07 Å². The molecular weight excluding hydrogens is 380 g/mol. The van der Waals surface area contributed by atoms with E-state index >= 15 is 0 Å². The van der Waals surface area contributed by atoms with Crippen LogP contribution in [0.1, 0.15) is 24.2 Å². The number of para-hydroxylation sites is 1. The quantitative estimate of drug-likeness (QED) is 0.379. The van der Waals surface area contributed by atoms with Crippen LogP contribution in [0.15, 0.2) is 42.5 Å². The molecule has 0 saturated heterocycles. The number of nitro groups is 1. The standard InChI is InChI=1S/C20H22N2O7/c1-5-28-18-12-16(22(25)26)15(11-17(18)27-4)20(24)29-13(2)19(23)21(3)14-9-7-6-8-10-14/h6-13H,5H2,1-4H3/t13-/m1/s1. The zero-order valence-electron chi connectivity index (χ0n) is 16.6. The lowest BCUT2D eigenvalue weighted by Gasteiger charge is -2.21. The molecule has 0 radical (unpaired) electrons. The number of nitro benzene ring substituents is 1. The van der Waals surface area contributed by atoms with Crippen LogP contribution in [0, 0.1) is 10.1 Å². The molecule has 9 heteroatoms. The Morgan fingerprint density at radius 2 is 1.83 bits per heavy atom. The summed E-state index contributed by atoms with van der Waals surface area (Å²) in [5, 5.41) is 11.4. The van der Waals surface area contributed by atoms with Crippen molar-refractivity contribution in [3.05, 3.63) is 58.1 Å². The predicted molar refractivity (Wildman–Crippen MR) is 106 cm³/mol. The number of esters is 1. The Bertz CT molecular complexity index is 899. The summed E-state index contributed by atoms with van der Waals surface area (Å²) in [6, 6.07) is 11.1. The normalized spacial score (nSPS) is 11.3. The van der Waals surface area contributed by atoms with E-state index in [1.54, 1.807) is 38.2 Å². The first kappa shape index (κ1) is 21.7. The van der Waals surface area contributed by atoms with E-state index in [1.807, 2.05) is 6.07 Å². The fourth-order valence-electron chi connectivity index (χ4n) is 2.62. The third kappa shape index (κ3) is 5.01. The number of hydrogen-bond acceptors (Lipinski definition) is 7. The molecule has 0 unspecified atom stereocenters. The van der Waals surface area contributed by atoms with Gasteiger partial charge in [-0.05, 0) is 26.0 Å². The number of carbonyl (C=O) groups is 2. The first-order valence-corrected chi connectivity index (χ1v) is 8.82. The number of anilines is 1. The van der Waals surface area contributed by atoms with Gasteiger partial charge in [0.15, 0.2) is 17.6 Å². The van der Waals surface area contributed by atoms with E-state index in [4.69, 9.17) is 14.2 Å². The van der Waals surface area contributed by atoms with E-state index in [-0.39, 0.29) is 23.7 Å². The molecule has 0 aliphatic carbocycles. The lowest BCUT2D eigenvalue weighted by molar-refractivity contribution is -0.385. The second-order valence-electron chi connectivity index (χ2n) is 5.99. The Balaban J connectivity index is 2.27. The third-order valence-corrected chi connectivity index (χ3v) is 4.10. The van der Waals surface area contributed by atoms with Gasteiger partial charge in [-0.3, -0.25) is 14.9 Å². The van der Waals surface area contributed by atoms with E-state index < -0.39 is 28.6 Å². The Hall–Kier alpha value is -3.62. The van der Waals surface area contributed by atoms with Crippen LogP contribution < -0.4 is 14.4 Å². The van der Waals surface area contributed by atoms with Gasteiger partial charge in [-0.25, -0.2) is 4.79 Å². The van der Waals surface area contributed by atoms with Crippen molar-refractivity contribution in [3.63, 3.8) is 0 Å². The van der Waals surface area contributed by atoms with E-state index in [0.29, 0.717) is 5.69 Å². The van der Waals surface area contributed by atoms with Gasteiger partial charge in [-0.15, -0.1) is 0 Å². The summed E-state index contributed by atoms with van der Waals surface area (Å²) in [5.74, 6) is -1.22. The van der Waals surface area contributed by atoms with Crippen molar-refractivity contribution < 1.29 is 28.7 Å². The largest absolute Gasteiger partial charge is 0.493 e. The second-order valence-corrected chi connectivity index (χ2v) is 5.99. The van der Waals surface area contributed by atoms with Gasteiger partial charge in [0.1, 0.15) is 5.56 Å². The Morgan fingerprint density at radius 1 is 1.17 bits per heavy atom. The molecule has 0 aliphatic rings. The van der Waals surface area contributed by atoms with Crippen LogP contribution in [-0.2, 0) is 9.53 Å². The molecular formula is C20H22N2O7. The van der Waals surface area contributed by atoms with Gasteiger partial charge in [0.05, 0.1) is 24.7 Å². The van der Waals surface area contributed by atoms with Crippen LogP contribution in [0.4, 0.5) is 11.4 Å². The molecule has 154 valence electrons. The zero-order chi connectivity index (χ0) is 21.6. The first-order valence-electron chi connectivity index (χ1n) is 8.82. The highest BCUT2D eigenvalue weighted by atomic mass is 16.6. The predicted octanol–water partition coefficient (Wildman–Crippen LogP) is 3.21. The number of nitrogens with zero attached hydrogens (tertiary/aromatic N) is 2. The maximum atomic E-state index is 12.6. The number of amides is 1. The van der Waals surface area contributed by atoms with E-state index in [9.17, 15) is 19.7 Å². The molecule has 0 bridgehead atoms. The van der Waals surface area contributed by atoms with Crippen LogP contribution in [0.3, 0.4) is 0 Å². The summed E-state index contributed by atoms with van der Waals surface area (Å²) in [6.07, 6.45) is -1.16. The minimum absolute atomic E-state index is 0.131. The number of methoxy groups -OCH3 is 1. The average Bonchev–Trinajstić information content (AvgIpc) is 2.72. The zero-order valence-corrected chi connectivity index (χ0v) is 16.6. The molecule has 0 aliphatic heterocycles. The first-order chi connectivity index (χ1) is 13.8. The molecule has 1 atom stereocenters. The van der Waals surface area contributed by atoms with Crippen molar-refractivity contribution >= 4 is 23.3 Å². The smallest absolute Gasteiger partial charge is 0.346 e. The minimum atomic E-state index is -1.16. The summed E-state index contributed by atoms with van der Waals surface area (Å²) in [5.41, 5.74) is -0.221. The number of rotatable bonds is 8. The van der Waals surface area contributed by atoms with Crippen LogP contribution in [0.25, 0.3) is 0 Å². The third-order valence-electron chi connectivity index (χ3n) is 4.10. The second kappa shape index (κ2) is 9.54. The molecule has 0 spiro atoms. The lowest BCUT2D eigenvalue weighted by Crippen LogP contribution is -2.37. The number of carbonyl (C=O) groups excluding carboxylic acids is 2. The van der Waals surface area contributed by atoms with Crippen molar-refractivity contribution in [3.8, 4) is 11.5 Å². The van der Waals surface area contributed by atoms with Crippen LogP contribution in [0.5, 0.6) is 11.5 Å². The molecule has 1 amide bonds. The molecule has 2 aromatic carbocycles. The Morgan fingerprint density at radius 3 is 2.38 bits per heavy atom. The summed E-state index contributed by atoms with van der Waals surface area (Å²) in [7, 11) is 2.89. The highest BCUT2D eigenvalue weighted by Crippen LogP contribution is 2.35. The molecule has 0 aromatic heterocycles. The number of hydrogen-bond donors (Lipinski definition) is 0. The van der Waals surface area contributed by atoms with Gasteiger partial charge in [0.2, 0.25) is 0 Å². The van der Waals surface area contributed by atoms with Gasteiger partial charge >= 0.3 is 5.97 Å². The van der Waals surface area contributed by atoms with Crippen molar-refractivity contribution in [2.24, 2.45) is 0 Å². The summed E-state index contributed by atoms with van der Waals surface area (Å²) < 4.78 is 15.7. The maximum Gasteiger partial charge on any atom is 0.346 e. The number of likely N-dealkylation sites (N-methyl/N-ethyl adjacent to an activating group) is 1. The van der Waals surface area contributed by atoms with Crippen LogP contribution in [0.2, 0.25) is 0 Å². The summed E-state index contributed by atoms with van der Waals surface area (Å²) in [6.45, 7) is 3.37. The topological polar surface area (TPSA) is 108 Å². The van der Waals surface area contributed by atoms with Crippen molar-refractivity contribution in [2.45, 2.75) is 20.0 Å².